The van der Waals surface area contributed by atoms with Crippen LogP contribution in [0.25, 0.3) is 0 Å². The van der Waals surface area contributed by atoms with Gasteiger partial charge in [0.2, 0.25) is 10.0 Å². The maximum absolute atomic E-state index is 12.4. The first-order valence-electron chi connectivity index (χ1n) is 6.62. The van der Waals surface area contributed by atoms with Gasteiger partial charge >= 0.3 is 0 Å². The molecule has 0 spiro atoms. The van der Waals surface area contributed by atoms with Crippen molar-refractivity contribution in [2.75, 3.05) is 18.6 Å². The predicted molar refractivity (Wildman–Crippen MR) is 87.9 cm³/mol. The number of aliphatic hydroxyl groups is 1. The zero-order valence-corrected chi connectivity index (χ0v) is 14.1. The quantitative estimate of drug-likeness (QED) is 0.781. The molecule has 1 rings (SSSR count). The molecule has 0 aliphatic rings. The molecule has 0 aromatic heterocycles. The molecule has 1 aromatic rings. The summed E-state index contributed by atoms with van der Waals surface area (Å²) in [5.74, 6) is 6.15. The first-order valence-corrected chi connectivity index (χ1v) is 9.50. The Kier molecular flexibility index (Phi) is 7.26. The zero-order valence-electron chi connectivity index (χ0n) is 12.5. The molecule has 0 saturated heterocycles. The van der Waals surface area contributed by atoms with Crippen LogP contribution in [0, 0.1) is 18.8 Å². The van der Waals surface area contributed by atoms with E-state index in [1.807, 2.05) is 13.2 Å². The highest BCUT2D eigenvalue weighted by molar-refractivity contribution is 7.98. The Labute approximate surface area is 131 Å². The minimum absolute atomic E-state index is 0.117. The molecule has 1 aromatic carbocycles. The van der Waals surface area contributed by atoms with Gasteiger partial charge in [-0.25, -0.2) is 13.1 Å². The van der Waals surface area contributed by atoms with Gasteiger partial charge < -0.3 is 5.11 Å². The third-order valence-corrected chi connectivity index (χ3v) is 5.28. The Balaban J connectivity index is 3.01. The average Bonchev–Trinajstić information content (AvgIpc) is 2.43. The van der Waals surface area contributed by atoms with Gasteiger partial charge in [-0.1, -0.05) is 17.9 Å². The van der Waals surface area contributed by atoms with Crippen LogP contribution in [0.1, 0.15) is 24.5 Å². The summed E-state index contributed by atoms with van der Waals surface area (Å²) in [4.78, 5) is 0.239. The van der Waals surface area contributed by atoms with Gasteiger partial charge in [0.15, 0.2) is 0 Å². The van der Waals surface area contributed by atoms with Gasteiger partial charge in [0, 0.05) is 11.6 Å². The summed E-state index contributed by atoms with van der Waals surface area (Å²) in [6.07, 6.45) is 2.78. The number of sulfonamides is 1. The SMILES string of the molecule is CSCCC(C)NS(=O)(=O)c1cc(C#CCO)ccc1C. The molecule has 0 amide bonds. The van der Waals surface area contributed by atoms with Crippen LogP contribution in [0.3, 0.4) is 0 Å². The van der Waals surface area contributed by atoms with E-state index in [9.17, 15) is 8.42 Å². The lowest BCUT2D eigenvalue weighted by molar-refractivity contribution is 0.350. The Bertz CT molecular complexity index is 630. The van der Waals surface area contributed by atoms with Gasteiger partial charge in [-0.05, 0) is 50.0 Å². The monoisotopic (exact) mass is 327 g/mol. The van der Waals surface area contributed by atoms with Gasteiger partial charge in [-0.3, -0.25) is 0 Å². The molecule has 1 atom stereocenters. The van der Waals surface area contributed by atoms with Crippen molar-refractivity contribution in [2.24, 2.45) is 0 Å². The van der Waals surface area contributed by atoms with Crippen LogP contribution in [0.15, 0.2) is 23.1 Å². The number of hydrogen-bond donors (Lipinski definition) is 2. The van der Waals surface area contributed by atoms with Crippen molar-refractivity contribution < 1.29 is 13.5 Å². The largest absolute Gasteiger partial charge is 0.384 e. The first-order chi connectivity index (χ1) is 9.90. The molecule has 2 N–H and O–H groups in total. The van der Waals surface area contributed by atoms with Crippen LogP contribution in [0.4, 0.5) is 0 Å². The van der Waals surface area contributed by atoms with Crippen LogP contribution in [-0.4, -0.2) is 38.2 Å². The van der Waals surface area contributed by atoms with E-state index in [-0.39, 0.29) is 17.5 Å². The second kappa shape index (κ2) is 8.44. The second-order valence-electron chi connectivity index (χ2n) is 4.74. The molecule has 21 heavy (non-hydrogen) atoms. The molecular weight excluding hydrogens is 306 g/mol. The van der Waals surface area contributed by atoms with Crippen LogP contribution < -0.4 is 4.72 Å². The number of rotatable bonds is 6. The summed E-state index contributed by atoms with van der Waals surface area (Å²) in [5.41, 5.74) is 1.25. The summed E-state index contributed by atoms with van der Waals surface area (Å²) >= 11 is 1.69. The van der Waals surface area contributed by atoms with Crippen molar-refractivity contribution in [3.8, 4) is 11.8 Å². The lowest BCUT2D eigenvalue weighted by atomic mass is 10.1. The fourth-order valence-electron chi connectivity index (χ4n) is 1.79. The zero-order chi connectivity index (χ0) is 15.9. The molecule has 6 heteroatoms. The summed E-state index contributed by atoms with van der Waals surface area (Å²) in [6, 6.07) is 4.90. The van der Waals surface area contributed by atoms with Crippen molar-refractivity contribution in [1.29, 1.82) is 0 Å². The minimum Gasteiger partial charge on any atom is -0.384 e. The lowest BCUT2D eigenvalue weighted by Gasteiger charge is -2.15. The van der Waals surface area contributed by atoms with Crippen LogP contribution in [0.2, 0.25) is 0 Å². The third-order valence-electron chi connectivity index (χ3n) is 2.90. The van der Waals surface area contributed by atoms with E-state index in [0.29, 0.717) is 11.1 Å². The van der Waals surface area contributed by atoms with E-state index in [4.69, 9.17) is 5.11 Å². The first kappa shape index (κ1) is 18.1. The standard InChI is InChI=1S/C15H21NO3S2/c1-12-6-7-14(5-4-9-17)11-15(12)21(18,19)16-13(2)8-10-20-3/h6-7,11,13,16-17H,8-10H2,1-3H3. The third kappa shape index (κ3) is 5.71. The van der Waals surface area contributed by atoms with E-state index in [1.54, 1.807) is 36.9 Å². The molecule has 0 radical (unpaired) electrons. The van der Waals surface area contributed by atoms with Crippen molar-refractivity contribution in [3.63, 3.8) is 0 Å². The number of benzene rings is 1. The number of nitrogens with one attached hydrogen (secondary N) is 1. The topological polar surface area (TPSA) is 66.4 Å². The number of aryl methyl sites for hydroxylation is 1. The molecule has 0 heterocycles. The molecule has 0 aliphatic heterocycles. The van der Waals surface area contributed by atoms with Gasteiger partial charge in [0.1, 0.15) is 6.61 Å². The Morgan fingerprint density at radius 3 is 2.76 bits per heavy atom. The molecule has 0 bridgehead atoms. The number of thioether (sulfide) groups is 1. The minimum atomic E-state index is -3.56. The maximum atomic E-state index is 12.4. The molecular formula is C15H21NO3S2. The molecule has 1 unspecified atom stereocenters. The van der Waals surface area contributed by atoms with Crippen LogP contribution in [0.5, 0.6) is 0 Å². The highest BCUT2D eigenvalue weighted by atomic mass is 32.2. The van der Waals surface area contributed by atoms with Crippen LogP contribution in [-0.2, 0) is 10.0 Å². The highest BCUT2D eigenvalue weighted by Gasteiger charge is 2.19. The average molecular weight is 327 g/mol. The van der Waals surface area contributed by atoms with E-state index in [0.717, 1.165) is 12.2 Å². The second-order valence-corrected chi connectivity index (χ2v) is 7.41. The van der Waals surface area contributed by atoms with Crippen molar-refractivity contribution in [3.05, 3.63) is 29.3 Å². The van der Waals surface area contributed by atoms with E-state index >= 15 is 0 Å². The Morgan fingerprint density at radius 1 is 1.43 bits per heavy atom. The number of aliphatic hydroxyl groups excluding tert-OH is 1. The summed E-state index contributed by atoms with van der Waals surface area (Å²) in [7, 11) is -3.56. The van der Waals surface area contributed by atoms with Crippen molar-refractivity contribution >= 4 is 21.8 Å². The van der Waals surface area contributed by atoms with E-state index < -0.39 is 10.0 Å². The van der Waals surface area contributed by atoms with Gasteiger partial charge in [-0.2, -0.15) is 11.8 Å². The molecule has 116 valence electrons. The normalized spacial score (nSPS) is 12.6. The molecule has 0 fully saturated rings. The summed E-state index contributed by atoms with van der Waals surface area (Å²) in [5, 5.41) is 8.71. The number of hydrogen-bond acceptors (Lipinski definition) is 4. The van der Waals surface area contributed by atoms with Gasteiger partial charge in [0.05, 0.1) is 4.90 Å². The molecule has 0 aliphatic carbocycles. The van der Waals surface area contributed by atoms with Gasteiger partial charge in [0.25, 0.3) is 0 Å². The van der Waals surface area contributed by atoms with Crippen LogP contribution >= 0.6 is 11.8 Å². The summed E-state index contributed by atoms with van der Waals surface area (Å²) in [6.45, 7) is 3.36. The molecule has 0 saturated carbocycles. The van der Waals surface area contributed by atoms with Gasteiger partial charge in [-0.15, -0.1) is 0 Å². The fourth-order valence-corrected chi connectivity index (χ4v) is 3.93. The Morgan fingerprint density at radius 2 is 2.14 bits per heavy atom. The Hall–Kier alpha value is -1.00. The predicted octanol–water partition coefficient (Wildman–Crippen LogP) is 1.76. The smallest absolute Gasteiger partial charge is 0.241 e. The van der Waals surface area contributed by atoms with Crippen molar-refractivity contribution in [2.45, 2.75) is 31.2 Å². The fraction of sp³-hybridized carbons (Fsp3) is 0.467. The van der Waals surface area contributed by atoms with E-state index in [1.165, 1.54) is 0 Å². The highest BCUT2D eigenvalue weighted by Crippen LogP contribution is 2.17. The van der Waals surface area contributed by atoms with Crippen molar-refractivity contribution in [1.82, 2.24) is 4.72 Å². The van der Waals surface area contributed by atoms with E-state index in [2.05, 4.69) is 16.6 Å². The lowest BCUT2D eigenvalue weighted by Crippen LogP contribution is -2.33. The summed E-state index contributed by atoms with van der Waals surface area (Å²) < 4.78 is 27.6. The maximum Gasteiger partial charge on any atom is 0.241 e. The molecule has 4 nitrogen and oxygen atoms in total.